The molecule has 0 aliphatic carbocycles. The highest BCUT2D eigenvalue weighted by Gasteiger charge is 2.12. The number of pyridine rings is 1. The number of hydrogen-bond donors (Lipinski definition) is 1. The molecule has 1 atom stereocenters. The highest BCUT2D eigenvalue weighted by atomic mass is 35.5. The summed E-state index contributed by atoms with van der Waals surface area (Å²) >= 11 is 0. The van der Waals surface area contributed by atoms with Crippen molar-refractivity contribution < 1.29 is 4.79 Å². The summed E-state index contributed by atoms with van der Waals surface area (Å²) < 4.78 is 0. The number of hydrogen-bond acceptors (Lipinski definition) is 3. The molecule has 114 valence electrons. The first kappa shape index (κ1) is 18.9. The van der Waals surface area contributed by atoms with Crippen LogP contribution in [0, 0.1) is 5.92 Å². The second kappa shape index (κ2) is 9.72. The molecule has 1 unspecified atom stereocenters. The average Bonchev–Trinajstić information content (AvgIpc) is 2.42. The van der Waals surface area contributed by atoms with Gasteiger partial charge in [0.25, 0.3) is 0 Å². The van der Waals surface area contributed by atoms with Gasteiger partial charge in [-0.05, 0) is 30.9 Å². The molecule has 1 amide bonds. The van der Waals surface area contributed by atoms with Gasteiger partial charge in [0.1, 0.15) is 0 Å². The zero-order valence-corrected chi connectivity index (χ0v) is 13.4. The first-order valence-electron chi connectivity index (χ1n) is 6.90. The number of rotatable bonds is 7. The fourth-order valence-corrected chi connectivity index (χ4v) is 1.77. The van der Waals surface area contributed by atoms with Gasteiger partial charge in [0.05, 0.1) is 0 Å². The first-order valence-corrected chi connectivity index (χ1v) is 6.90. The van der Waals surface area contributed by atoms with Crippen LogP contribution in [0.3, 0.4) is 0 Å². The Morgan fingerprint density at radius 1 is 1.40 bits per heavy atom. The molecule has 0 bridgehead atoms. The largest absolute Gasteiger partial charge is 0.346 e. The van der Waals surface area contributed by atoms with Crippen molar-refractivity contribution in [3.8, 4) is 0 Å². The Balaban J connectivity index is 0.00000361. The molecule has 0 fully saturated rings. The third-order valence-corrected chi connectivity index (χ3v) is 3.40. The molecule has 1 aromatic rings. The summed E-state index contributed by atoms with van der Waals surface area (Å²) in [7, 11) is 1.84. The van der Waals surface area contributed by atoms with Gasteiger partial charge in [-0.1, -0.05) is 19.9 Å². The van der Waals surface area contributed by atoms with E-state index in [1.54, 1.807) is 11.1 Å². The Labute approximate surface area is 128 Å². The van der Waals surface area contributed by atoms with E-state index in [-0.39, 0.29) is 24.4 Å². The number of aromatic nitrogens is 1. The summed E-state index contributed by atoms with van der Waals surface area (Å²) in [6, 6.07) is 5.93. The lowest BCUT2D eigenvalue weighted by molar-refractivity contribution is -0.130. The normalized spacial score (nSPS) is 11.8. The molecule has 1 heterocycles. The van der Waals surface area contributed by atoms with Gasteiger partial charge in [-0.25, -0.2) is 0 Å². The van der Waals surface area contributed by atoms with Gasteiger partial charge in [0, 0.05) is 37.9 Å². The molecule has 4 nitrogen and oxygen atoms in total. The molecule has 20 heavy (non-hydrogen) atoms. The van der Waals surface area contributed by atoms with Gasteiger partial charge in [-0.3, -0.25) is 9.78 Å². The van der Waals surface area contributed by atoms with Crippen LogP contribution in [0.5, 0.6) is 0 Å². The Kier molecular flexibility index (Phi) is 9.17. The predicted octanol–water partition coefficient (Wildman–Crippen LogP) is 2.27. The first-order chi connectivity index (χ1) is 9.00. The molecule has 5 heteroatoms. The van der Waals surface area contributed by atoms with Crippen LogP contribution in [0.1, 0.15) is 32.4 Å². The number of carbonyl (C=O) groups is 1. The molecule has 1 rings (SSSR count). The predicted molar refractivity (Wildman–Crippen MR) is 84.9 cm³/mol. The Bertz CT molecular complexity index is 384. The van der Waals surface area contributed by atoms with Crippen molar-refractivity contribution in [1.82, 2.24) is 9.88 Å². The second-order valence-electron chi connectivity index (χ2n) is 5.33. The maximum atomic E-state index is 12.0. The van der Waals surface area contributed by atoms with Crippen LogP contribution in [-0.4, -0.2) is 35.4 Å². The number of aryl methyl sites for hydroxylation is 1. The van der Waals surface area contributed by atoms with Gasteiger partial charge in [0.2, 0.25) is 5.91 Å². The third-order valence-electron chi connectivity index (χ3n) is 3.40. The highest BCUT2D eigenvalue weighted by molar-refractivity contribution is 5.85. The molecule has 0 spiro atoms. The van der Waals surface area contributed by atoms with Crippen LogP contribution in [0.15, 0.2) is 24.4 Å². The smallest absolute Gasteiger partial charge is 0.222 e. The third kappa shape index (κ3) is 6.87. The van der Waals surface area contributed by atoms with E-state index in [1.807, 2.05) is 25.2 Å². The topological polar surface area (TPSA) is 59.2 Å². The van der Waals surface area contributed by atoms with E-state index in [9.17, 15) is 4.79 Å². The van der Waals surface area contributed by atoms with E-state index in [2.05, 4.69) is 18.8 Å². The van der Waals surface area contributed by atoms with E-state index < -0.39 is 0 Å². The molecule has 0 aromatic carbocycles. The maximum absolute atomic E-state index is 12.0. The minimum atomic E-state index is 0. The van der Waals surface area contributed by atoms with Crippen molar-refractivity contribution in [1.29, 1.82) is 0 Å². The lowest BCUT2D eigenvalue weighted by Gasteiger charge is -2.21. The SMILES string of the molecule is CC(C)C(N)CCN(C)C(=O)CCc1ccccn1.Cl. The molecule has 0 saturated heterocycles. The van der Waals surface area contributed by atoms with Crippen molar-refractivity contribution in [2.24, 2.45) is 11.7 Å². The summed E-state index contributed by atoms with van der Waals surface area (Å²) in [5, 5.41) is 0. The lowest BCUT2D eigenvalue weighted by atomic mass is 10.0. The van der Waals surface area contributed by atoms with Gasteiger partial charge in [-0.15, -0.1) is 12.4 Å². The molecule has 0 saturated carbocycles. The molecular weight excluding hydrogens is 274 g/mol. The number of amides is 1. The van der Waals surface area contributed by atoms with Crippen LogP contribution in [-0.2, 0) is 11.2 Å². The van der Waals surface area contributed by atoms with Gasteiger partial charge >= 0.3 is 0 Å². The summed E-state index contributed by atoms with van der Waals surface area (Å²) in [6.07, 6.45) is 3.80. The van der Waals surface area contributed by atoms with Gasteiger partial charge < -0.3 is 10.6 Å². The van der Waals surface area contributed by atoms with Crippen LogP contribution >= 0.6 is 12.4 Å². The van der Waals surface area contributed by atoms with E-state index in [0.29, 0.717) is 18.8 Å². The summed E-state index contributed by atoms with van der Waals surface area (Å²) in [5.74, 6) is 0.610. The van der Waals surface area contributed by atoms with E-state index in [1.165, 1.54) is 0 Å². The summed E-state index contributed by atoms with van der Waals surface area (Å²) in [4.78, 5) is 17.9. The van der Waals surface area contributed by atoms with E-state index >= 15 is 0 Å². The van der Waals surface area contributed by atoms with Crippen molar-refractivity contribution in [3.63, 3.8) is 0 Å². The standard InChI is InChI=1S/C15H25N3O.ClH/c1-12(2)14(16)9-11-18(3)15(19)8-7-13-6-4-5-10-17-13;/h4-6,10,12,14H,7-9,11,16H2,1-3H3;1H. The summed E-state index contributed by atoms with van der Waals surface area (Å²) in [5.41, 5.74) is 6.94. The van der Waals surface area contributed by atoms with Crippen molar-refractivity contribution in [2.75, 3.05) is 13.6 Å². The van der Waals surface area contributed by atoms with Crippen molar-refractivity contribution in [2.45, 2.75) is 39.2 Å². The monoisotopic (exact) mass is 299 g/mol. The maximum Gasteiger partial charge on any atom is 0.222 e. The highest BCUT2D eigenvalue weighted by Crippen LogP contribution is 2.05. The number of carbonyl (C=O) groups excluding carboxylic acids is 1. The zero-order valence-electron chi connectivity index (χ0n) is 12.6. The molecule has 2 N–H and O–H groups in total. The van der Waals surface area contributed by atoms with Crippen molar-refractivity contribution in [3.05, 3.63) is 30.1 Å². The van der Waals surface area contributed by atoms with E-state index in [4.69, 9.17) is 5.73 Å². The Morgan fingerprint density at radius 3 is 2.65 bits per heavy atom. The van der Waals surface area contributed by atoms with Gasteiger partial charge in [0.15, 0.2) is 0 Å². The molecule has 0 radical (unpaired) electrons. The minimum Gasteiger partial charge on any atom is -0.346 e. The Morgan fingerprint density at radius 2 is 2.10 bits per heavy atom. The summed E-state index contributed by atoms with van der Waals surface area (Å²) in [6.45, 7) is 4.93. The lowest BCUT2D eigenvalue weighted by Crippen LogP contribution is -2.34. The number of nitrogens with zero attached hydrogens (tertiary/aromatic N) is 2. The fourth-order valence-electron chi connectivity index (χ4n) is 1.77. The number of halogens is 1. The van der Waals surface area contributed by atoms with Crippen LogP contribution < -0.4 is 5.73 Å². The zero-order chi connectivity index (χ0) is 14.3. The molecule has 0 aliphatic rings. The number of nitrogens with two attached hydrogens (primary N) is 1. The fraction of sp³-hybridized carbons (Fsp3) is 0.600. The van der Waals surface area contributed by atoms with Crippen LogP contribution in [0.2, 0.25) is 0 Å². The van der Waals surface area contributed by atoms with Crippen LogP contribution in [0.4, 0.5) is 0 Å². The minimum absolute atomic E-state index is 0. The molecule has 1 aromatic heterocycles. The second-order valence-corrected chi connectivity index (χ2v) is 5.33. The molecule has 0 aliphatic heterocycles. The van der Waals surface area contributed by atoms with Gasteiger partial charge in [-0.2, -0.15) is 0 Å². The van der Waals surface area contributed by atoms with Crippen molar-refractivity contribution >= 4 is 18.3 Å². The average molecular weight is 300 g/mol. The van der Waals surface area contributed by atoms with Crippen LogP contribution in [0.25, 0.3) is 0 Å². The van der Waals surface area contributed by atoms with E-state index in [0.717, 1.165) is 18.7 Å². The molecular formula is C15H26ClN3O. The Hall–Kier alpha value is -1.13. The quantitative estimate of drug-likeness (QED) is 0.840.